The largest absolute Gasteiger partial charge is 0.309 e. The molecule has 2 aromatic carbocycles. The van der Waals surface area contributed by atoms with E-state index in [0.717, 1.165) is 25.9 Å². The molecule has 0 aromatic heterocycles. The normalized spacial score (nSPS) is 15.4. The zero-order chi connectivity index (χ0) is 21.0. The Kier molecular flexibility index (Phi) is 6.59. The number of amides is 1. The number of halogens is 1. The van der Waals surface area contributed by atoms with Crippen LogP contribution in [-0.4, -0.2) is 34.9 Å². The van der Waals surface area contributed by atoms with Crippen molar-refractivity contribution in [2.75, 3.05) is 18.0 Å². The van der Waals surface area contributed by atoms with Crippen molar-refractivity contribution in [3.8, 4) is 0 Å². The SMILES string of the molecule is CC(C)C(=O)N(c1ccc(F)cc1)C1CCN(Cc2ccccc2[N+](=O)[O-])CC1. The number of nitro groups is 1. The van der Waals surface area contributed by atoms with Crippen LogP contribution in [-0.2, 0) is 11.3 Å². The van der Waals surface area contributed by atoms with Crippen LogP contribution in [0, 0.1) is 21.8 Å². The number of nitrogens with zero attached hydrogens (tertiary/aromatic N) is 3. The maximum Gasteiger partial charge on any atom is 0.273 e. The lowest BCUT2D eigenvalue weighted by atomic mass is 9.99. The highest BCUT2D eigenvalue weighted by Crippen LogP contribution is 2.28. The predicted octanol–water partition coefficient (Wildman–Crippen LogP) is 4.39. The summed E-state index contributed by atoms with van der Waals surface area (Å²) < 4.78 is 13.3. The molecule has 3 rings (SSSR count). The minimum absolute atomic E-state index is 0.0220. The van der Waals surface area contributed by atoms with Crippen LogP contribution in [0.1, 0.15) is 32.3 Å². The molecule has 2 aromatic rings. The van der Waals surface area contributed by atoms with Gasteiger partial charge in [0.1, 0.15) is 5.82 Å². The molecule has 1 aliphatic heterocycles. The van der Waals surface area contributed by atoms with Gasteiger partial charge >= 0.3 is 0 Å². The summed E-state index contributed by atoms with van der Waals surface area (Å²) in [5.74, 6) is -0.469. The quantitative estimate of drug-likeness (QED) is 0.534. The molecule has 0 N–H and O–H groups in total. The highest BCUT2D eigenvalue weighted by atomic mass is 19.1. The van der Waals surface area contributed by atoms with Crippen LogP contribution in [0.5, 0.6) is 0 Å². The molecule has 6 nitrogen and oxygen atoms in total. The van der Waals surface area contributed by atoms with E-state index < -0.39 is 0 Å². The highest BCUT2D eigenvalue weighted by molar-refractivity contribution is 5.95. The van der Waals surface area contributed by atoms with Gasteiger partial charge in [-0.2, -0.15) is 0 Å². The summed E-state index contributed by atoms with van der Waals surface area (Å²) in [4.78, 5) is 27.7. The lowest BCUT2D eigenvalue weighted by Gasteiger charge is -2.39. The van der Waals surface area contributed by atoms with Crippen LogP contribution in [0.25, 0.3) is 0 Å². The van der Waals surface area contributed by atoms with Crippen molar-refractivity contribution in [1.82, 2.24) is 4.90 Å². The van der Waals surface area contributed by atoms with Gasteiger partial charge in [0.2, 0.25) is 5.91 Å². The molecule has 1 saturated heterocycles. The summed E-state index contributed by atoms with van der Waals surface area (Å²) in [6, 6.07) is 12.9. The number of rotatable bonds is 6. The topological polar surface area (TPSA) is 66.7 Å². The summed E-state index contributed by atoms with van der Waals surface area (Å²) in [6.07, 6.45) is 1.52. The van der Waals surface area contributed by atoms with Gasteiger partial charge in [-0.25, -0.2) is 4.39 Å². The molecule has 0 bridgehead atoms. The summed E-state index contributed by atoms with van der Waals surface area (Å²) in [5.41, 5.74) is 1.55. The number of likely N-dealkylation sites (tertiary alicyclic amines) is 1. The van der Waals surface area contributed by atoms with Crippen LogP contribution < -0.4 is 4.90 Å². The van der Waals surface area contributed by atoms with Crippen molar-refractivity contribution >= 4 is 17.3 Å². The first-order chi connectivity index (χ1) is 13.9. The number of hydrogen-bond acceptors (Lipinski definition) is 4. The zero-order valence-electron chi connectivity index (χ0n) is 16.8. The minimum atomic E-state index is -0.348. The average Bonchev–Trinajstić information content (AvgIpc) is 2.71. The van der Waals surface area contributed by atoms with Gasteiger partial charge in [0, 0.05) is 48.9 Å². The van der Waals surface area contributed by atoms with E-state index >= 15 is 0 Å². The minimum Gasteiger partial charge on any atom is -0.309 e. The standard InChI is InChI=1S/C22H26FN3O3/c1-16(2)22(27)25(19-9-7-18(23)8-10-19)20-11-13-24(14-12-20)15-17-5-3-4-6-21(17)26(28)29/h3-10,16,20H,11-15H2,1-2H3. The Hall–Kier alpha value is -2.80. The molecule has 29 heavy (non-hydrogen) atoms. The van der Waals surface area contributed by atoms with Crippen molar-refractivity contribution < 1.29 is 14.1 Å². The third-order valence-electron chi connectivity index (χ3n) is 5.34. The van der Waals surface area contributed by atoms with Crippen molar-refractivity contribution in [3.05, 3.63) is 70.0 Å². The molecule has 0 unspecified atom stereocenters. The number of hydrogen-bond donors (Lipinski definition) is 0. The van der Waals surface area contributed by atoms with Gasteiger partial charge in [-0.1, -0.05) is 32.0 Å². The van der Waals surface area contributed by atoms with Crippen molar-refractivity contribution in [2.24, 2.45) is 5.92 Å². The molecule has 0 atom stereocenters. The van der Waals surface area contributed by atoms with Crippen molar-refractivity contribution in [2.45, 2.75) is 39.3 Å². The third-order valence-corrected chi connectivity index (χ3v) is 5.34. The number of carbonyl (C=O) groups excluding carboxylic acids is 1. The molecule has 0 radical (unpaired) electrons. The molecule has 1 heterocycles. The van der Waals surface area contributed by atoms with E-state index in [1.165, 1.54) is 18.2 Å². The van der Waals surface area contributed by atoms with Crippen molar-refractivity contribution in [3.63, 3.8) is 0 Å². The van der Waals surface area contributed by atoms with E-state index in [4.69, 9.17) is 0 Å². The Labute approximate surface area is 170 Å². The smallest absolute Gasteiger partial charge is 0.273 e. The van der Waals surface area contributed by atoms with E-state index in [-0.39, 0.29) is 34.3 Å². The molecule has 0 saturated carbocycles. The molecule has 1 amide bonds. The second-order valence-corrected chi connectivity index (χ2v) is 7.73. The number of nitro benzene ring substituents is 1. The first-order valence-corrected chi connectivity index (χ1v) is 9.90. The van der Waals surface area contributed by atoms with Crippen LogP contribution in [0.4, 0.5) is 15.8 Å². The molecular formula is C22H26FN3O3. The van der Waals surface area contributed by atoms with E-state index in [2.05, 4.69) is 4.90 Å². The maximum atomic E-state index is 13.3. The molecular weight excluding hydrogens is 373 g/mol. The fourth-order valence-corrected chi connectivity index (χ4v) is 3.80. The molecule has 0 aliphatic carbocycles. The monoisotopic (exact) mass is 399 g/mol. The van der Waals surface area contributed by atoms with Gasteiger partial charge in [-0.15, -0.1) is 0 Å². The van der Waals surface area contributed by atoms with E-state index in [1.807, 2.05) is 19.9 Å². The summed E-state index contributed by atoms with van der Waals surface area (Å²) in [5, 5.41) is 11.2. The van der Waals surface area contributed by atoms with E-state index in [9.17, 15) is 19.3 Å². The van der Waals surface area contributed by atoms with Gasteiger partial charge in [0.15, 0.2) is 0 Å². The second kappa shape index (κ2) is 9.13. The Bertz CT molecular complexity index is 862. The molecule has 1 aliphatic rings. The number of para-hydroxylation sites is 1. The molecule has 154 valence electrons. The maximum absolute atomic E-state index is 13.3. The molecule has 7 heteroatoms. The second-order valence-electron chi connectivity index (χ2n) is 7.73. The van der Waals surface area contributed by atoms with Crippen LogP contribution >= 0.6 is 0 Å². The van der Waals surface area contributed by atoms with Gasteiger partial charge in [-0.3, -0.25) is 19.8 Å². The Morgan fingerprint density at radius 2 is 1.79 bits per heavy atom. The number of anilines is 1. The Morgan fingerprint density at radius 3 is 2.38 bits per heavy atom. The summed E-state index contributed by atoms with van der Waals surface area (Å²) in [7, 11) is 0. The molecule has 1 fully saturated rings. The van der Waals surface area contributed by atoms with E-state index in [1.54, 1.807) is 29.2 Å². The summed E-state index contributed by atoms with van der Waals surface area (Å²) in [6.45, 7) is 5.71. The Morgan fingerprint density at radius 1 is 1.17 bits per heavy atom. The van der Waals surface area contributed by atoms with Crippen LogP contribution in [0.3, 0.4) is 0 Å². The van der Waals surface area contributed by atoms with Gasteiger partial charge in [0.05, 0.1) is 4.92 Å². The first kappa shape index (κ1) is 20.9. The lowest BCUT2D eigenvalue weighted by Crippen LogP contribution is -2.48. The third kappa shape index (κ3) is 4.98. The molecule has 0 spiro atoms. The fraction of sp³-hybridized carbons (Fsp3) is 0.409. The number of piperidine rings is 1. The van der Waals surface area contributed by atoms with Gasteiger partial charge in [-0.05, 0) is 37.1 Å². The fourth-order valence-electron chi connectivity index (χ4n) is 3.80. The number of benzene rings is 2. The van der Waals surface area contributed by atoms with Gasteiger partial charge < -0.3 is 4.90 Å². The van der Waals surface area contributed by atoms with E-state index in [0.29, 0.717) is 17.8 Å². The zero-order valence-corrected chi connectivity index (χ0v) is 16.8. The summed E-state index contributed by atoms with van der Waals surface area (Å²) >= 11 is 0. The van der Waals surface area contributed by atoms with Crippen LogP contribution in [0.2, 0.25) is 0 Å². The Balaban J connectivity index is 1.71. The van der Waals surface area contributed by atoms with Gasteiger partial charge in [0.25, 0.3) is 5.69 Å². The highest BCUT2D eigenvalue weighted by Gasteiger charge is 2.31. The van der Waals surface area contributed by atoms with Crippen molar-refractivity contribution in [1.29, 1.82) is 0 Å². The average molecular weight is 399 g/mol. The lowest BCUT2D eigenvalue weighted by molar-refractivity contribution is -0.385. The van der Waals surface area contributed by atoms with Crippen LogP contribution in [0.15, 0.2) is 48.5 Å². The first-order valence-electron chi connectivity index (χ1n) is 9.90. The predicted molar refractivity (Wildman–Crippen MR) is 110 cm³/mol. The number of carbonyl (C=O) groups is 1.